The normalized spacial score (nSPS) is 9.93. The molecule has 0 saturated heterocycles. The van der Waals surface area contributed by atoms with Crippen LogP contribution in [0, 0.1) is 0 Å². The van der Waals surface area contributed by atoms with Crippen molar-refractivity contribution < 1.29 is 9.90 Å². The number of anilines is 1. The van der Waals surface area contributed by atoms with Crippen LogP contribution in [0.25, 0.3) is 0 Å². The molecular weight excluding hydrogens is 212 g/mol. The zero-order valence-corrected chi connectivity index (χ0v) is 9.46. The van der Waals surface area contributed by atoms with Crippen molar-refractivity contribution in [2.24, 2.45) is 0 Å². The average Bonchev–Trinajstić information content (AvgIpc) is 2.64. The van der Waals surface area contributed by atoms with Gasteiger partial charge in [-0.2, -0.15) is 0 Å². The topological polar surface area (TPSA) is 53.4 Å². The van der Waals surface area contributed by atoms with Crippen molar-refractivity contribution in [2.75, 3.05) is 18.0 Å². The van der Waals surface area contributed by atoms with Crippen molar-refractivity contribution in [3.63, 3.8) is 0 Å². The summed E-state index contributed by atoms with van der Waals surface area (Å²) in [5, 5.41) is 11.4. The van der Waals surface area contributed by atoms with Gasteiger partial charge in [-0.05, 0) is 6.42 Å². The van der Waals surface area contributed by atoms with Gasteiger partial charge >= 0.3 is 5.97 Å². The predicted molar refractivity (Wildman–Crippen MR) is 61.5 cm³/mol. The SMILES string of the molecule is C=CCN(CC(=O)O)c1nc(CC)cs1. The second kappa shape index (κ2) is 5.50. The van der Waals surface area contributed by atoms with Crippen LogP contribution in [0.3, 0.4) is 0 Å². The Morgan fingerprint density at radius 1 is 1.80 bits per heavy atom. The lowest BCUT2D eigenvalue weighted by molar-refractivity contribution is -0.135. The molecule has 1 aromatic heterocycles. The summed E-state index contributed by atoms with van der Waals surface area (Å²) in [7, 11) is 0. The maximum Gasteiger partial charge on any atom is 0.323 e. The number of rotatable bonds is 6. The Balaban J connectivity index is 2.77. The number of hydrogen-bond donors (Lipinski definition) is 1. The first kappa shape index (κ1) is 11.7. The standard InChI is InChI=1S/C10H14N2O2S/c1-3-5-12(6-9(13)14)10-11-8(4-2)7-15-10/h3,7H,1,4-6H2,2H3,(H,13,14). The van der Waals surface area contributed by atoms with E-state index in [0.29, 0.717) is 6.54 Å². The Morgan fingerprint density at radius 3 is 3.00 bits per heavy atom. The highest BCUT2D eigenvalue weighted by Gasteiger charge is 2.12. The molecule has 0 amide bonds. The molecule has 0 aliphatic carbocycles. The van der Waals surface area contributed by atoms with Crippen LogP contribution < -0.4 is 4.90 Å². The van der Waals surface area contributed by atoms with Crippen LogP contribution in [0.1, 0.15) is 12.6 Å². The van der Waals surface area contributed by atoms with Crippen molar-refractivity contribution in [2.45, 2.75) is 13.3 Å². The first-order valence-corrected chi connectivity index (χ1v) is 5.57. The molecular formula is C10H14N2O2S. The third-order valence-electron chi connectivity index (χ3n) is 1.85. The number of carboxylic acid groups (broad SMARTS) is 1. The molecule has 1 N–H and O–H groups in total. The van der Waals surface area contributed by atoms with Crippen molar-refractivity contribution in [1.29, 1.82) is 0 Å². The number of aliphatic carboxylic acids is 1. The van der Waals surface area contributed by atoms with Gasteiger partial charge in [0.15, 0.2) is 5.13 Å². The van der Waals surface area contributed by atoms with Crippen molar-refractivity contribution in [3.8, 4) is 0 Å². The van der Waals surface area contributed by atoms with Crippen LogP contribution in [0.5, 0.6) is 0 Å². The van der Waals surface area contributed by atoms with Crippen LogP contribution in [0.2, 0.25) is 0 Å². The van der Waals surface area contributed by atoms with Gasteiger partial charge in [0, 0.05) is 11.9 Å². The molecule has 0 aliphatic heterocycles. The number of nitrogens with zero attached hydrogens (tertiary/aromatic N) is 2. The van der Waals surface area contributed by atoms with Gasteiger partial charge in [0.2, 0.25) is 0 Å². The van der Waals surface area contributed by atoms with E-state index in [4.69, 9.17) is 5.11 Å². The molecule has 1 aromatic rings. The molecule has 0 atom stereocenters. The van der Waals surface area contributed by atoms with Crippen LogP contribution >= 0.6 is 11.3 Å². The maximum absolute atomic E-state index is 10.6. The van der Waals surface area contributed by atoms with Gasteiger partial charge in [0.05, 0.1) is 5.69 Å². The minimum Gasteiger partial charge on any atom is -0.480 e. The fourth-order valence-electron chi connectivity index (χ4n) is 1.13. The molecule has 0 aliphatic rings. The fourth-order valence-corrected chi connectivity index (χ4v) is 2.05. The molecule has 5 heteroatoms. The van der Waals surface area contributed by atoms with E-state index in [9.17, 15) is 4.79 Å². The quantitative estimate of drug-likeness (QED) is 0.751. The highest BCUT2D eigenvalue weighted by atomic mass is 32.1. The second-order valence-corrected chi connectivity index (χ2v) is 3.87. The number of carboxylic acids is 1. The molecule has 15 heavy (non-hydrogen) atoms. The summed E-state index contributed by atoms with van der Waals surface area (Å²) in [6.07, 6.45) is 2.54. The highest BCUT2D eigenvalue weighted by Crippen LogP contribution is 2.20. The summed E-state index contributed by atoms with van der Waals surface area (Å²) in [5.74, 6) is -0.856. The minimum atomic E-state index is -0.856. The van der Waals surface area contributed by atoms with E-state index >= 15 is 0 Å². The monoisotopic (exact) mass is 226 g/mol. The summed E-state index contributed by atoms with van der Waals surface area (Å²) >= 11 is 1.47. The smallest absolute Gasteiger partial charge is 0.323 e. The Morgan fingerprint density at radius 2 is 2.53 bits per heavy atom. The average molecular weight is 226 g/mol. The Hall–Kier alpha value is -1.36. The molecule has 1 rings (SSSR count). The van der Waals surface area contributed by atoms with Gasteiger partial charge in [-0.3, -0.25) is 4.79 Å². The first-order chi connectivity index (χ1) is 7.17. The predicted octanol–water partition coefficient (Wildman–Crippen LogP) is 1.78. The lowest BCUT2D eigenvalue weighted by Crippen LogP contribution is -2.29. The summed E-state index contributed by atoms with van der Waals surface area (Å²) in [6, 6.07) is 0. The first-order valence-electron chi connectivity index (χ1n) is 4.69. The Kier molecular flexibility index (Phi) is 4.30. The van der Waals surface area contributed by atoms with E-state index in [0.717, 1.165) is 17.2 Å². The number of aromatic nitrogens is 1. The van der Waals surface area contributed by atoms with Crippen LogP contribution in [-0.2, 0) is 11.2 Å². The molecule has 0 unspecified atom stereocenters. The molecule has 82 valence electrons. The summed E-state index contributed by atoms with van der Waals surface area (Å²) in [4.78, 5) is 16.7. The van der Waals surface area contributed by atoms with E-state index in [1.54, 1.807) is 11.0 Å². The fraction of sp³-hybridized carbons (Fsp3) is 0.400. The zero-order valence-electron chi connectivity index (χ0n) is 8.64. The van der Waals surface area contributed by atoms with Gasteiger partial charge in [0.25, 0.3) is 0 Å². The van der Waals surface area contributed by atoms with Crippen molar-refractivity contribution >= 4 is 22.4 Å². The largest absolute Gasteiger partial charge is 0.480 e. The zero-order chi connectivity index (χ0) is 11.3. The molecule has 0 radical (unpaired) electrons. The van der Waals surface area contributed by atoms with Crippen LogP contribution in [0.15, 0.2) is 18.0 Å². The molecule has 1 heterocycles. The highest BCUT2D eigenvalue weighted by molar-refractivity contribution is 7.13. The molecule has 0 aromatic carbocycles. The van der Waals surface area contributed by atoms with Crippen molar-refractivity contribution in [1.82, 2.24) is 4.98 Å². The lowest BCUT2D eigenvalue weighted by atomic mass is 10.4. The van der Waals surface area contributed by atoms with Gasteiger partial charge in [-0.25, -0.2) is 4.98 Å². The number of carbonyl (C=O) groups is 1. The molecule has 0 spiro atoms. The second-order valence-electron chi connectivity index (χ2n) is 3.04. The molecule has 0 bridgehead atoms. The number of aryl methyl sites for hydroxylation is 1. The minimum absolute atomic E-state index is 0.0390. The van der Waals surface area contributed by atoms with Crippen LogP contribution in [0.4, 0.5) is 5.13 Å². The lowest BCUT2D eigenvalue weighted by Gasteiger charge is -2.16. The summed E-state index contributed by atoms with van der Waals surface area (Å²) in [6.45, 7) is 6.09. The Labute approximate surface area is 92.9 Å². The van der Waals surface area contributed by atoms with E-state index in [1.807, 2.05) is 12.3 Å². The van der Waals surface area contributed by atoms with Gasteiger partial charge in [0.1, 0.15) is 6.54 Å². The summed E-state index contributed by atoms with van der Waals surface area (Å²) in [5.41, 5.74) is 0.995. The van der Waals surface area contributed by atoms with Crippen LogP contribution in [-0.4, -0.2) is 29.1 Å². The van der Waals surface area contributed by atoms with Crippen molar-refractivity contribution in [3.05, 3.63) is 23.7 Å². The molecule has 4 nitrogen and oxygen atoms in total. The maximum atomic E-state index is 10.6. The molecule has 0 fully saturated rings. The van der Waals surface area contributed by atoms with E-state index in [-0.39, 0.29) is 6.54 Å². The van der Waals surface area contributed by atoms with E-state index in [1.165, 1.54) is 11.3 Å². The number of hydrogen-bond acceptors (Lipinski definition) is 4. The molecule has 0 saturated carbocycles. The van der Waals surface area contributed by atoms with Gasteiger partial charge < -0.3 is 10.0 Å². The van der Waals surface area contributed by atoms with Gasteiger partial charge in [-0.15, -0.1) is 17.9 Å². The van der Waals surface area contributed by atoms with E-state index in [2.05, 4.69) is 11.6 Å². The van der Waals surface area contributed by atoms with Gasteiger partial charge in [-0.1, -0.05) is 13.0 Å². The number of thiazole rings is 1. The summed E-state index contributed by atoms with van der Waals surface area (Å²) < 4.78 is 0. The third kappa shape index (κ3) is 3.36. The Bertz CT molecular complexity index is 349. The third-order valence-corrected chi connectivity index (χ3v) is 2.80. The van der Waals surface area contributed by atoms with E-state index < -0.39 is 5.97 Å².